The number of hydrogen-bond acceptors (Lipinski definition) is 2. The van der Waals surface area contributed by atoms with Crippen molar-refractivity contribution in [2.75, 3.05) is 0 Å². The van der Waals surface area contributed by atoms with Gasteiger partial charge >= 0.3 is 0 Å². The lowest BCUT2D eigenvalue weighted by Gasteiger charge is -2.16. The van der Waals surface area contributed by atoms with Crippen LogP contribution in [0, 0.1) is 0 Å². The molecule has 0 aliphatic carbocycles. The highest BCUT2D eigenvalue weighted by Gasteiger charge is 2.13. The van der Waals surface area contributed by atoms with Crippen LogP contribution in [0.25, 0.3) is 0 Å². The van der Waals surface area contributed by atoms with Crippen molar-refractivity contribution in [2.45, 2.75) is 26.4 Å². The number of ether oxygens (including phenoxy) is 1. The minimum atomic E-state index is -0.150. The molecule has 0 heterocycles. The average molecular weight is 356 g/mol. The van der Waals surface area contributed by atoms with Gasteiger partial charge in [0.2, 0.25) is 0 Å². The van der Waals surface area contributed by atoms with Gasteiger partial charge in [0.25, 0.3) is 0 Å². The molecule has 2 aromatic carbocycles. The summed E-state index contributed by atoms with van der Waals surface area (Å²) in [6, 6.07) is 11.3. The molecule has 2 aromatic rings. The van der Waals surface area contributed by atoms with Crippen molar-refractivity contribution in [3.63, 3.8) is 0 Å². The summed E-state index contributed by atoms with van der Waals surface area (Å²) in [4.78, 5) is 0. The second-order valence-electron chi connectivity index (χ2n) is 4.81. The van der Waals surface area contributed by atoms with Crippen LogP contribution in [0.3, 0.4) is 0 Å². The van der Waals surface area contributed by atoms with Crippen LogP contribution in [-0.4, -0.2) is 5.11 Å². The highest BCUT2D eigenvalue weighted by atomic mass is 79.9. The molecule has 106 valence electrons. The first kappa shape index (κ1) is 15.4. The molecule has 0 aromatic heterocycles. The Hall–Kier alpha value is -1.03. The van der Waals surface area contributed by atoms with Gasteiger partial charge in [0.05, 0.1) is 6.61 Å². The fraction of sp³-hybridized carbons (Fsp3) is 0.250. The summed E-state index contributed by atoms with van der Waals surface area (Å²) in [5.41, 5.74) is 1.70. The van der Waals surface area contributed by atoms with E-state index in [1.807, 2.05) is 30.3 Å². The van der Waals surface area contributed by atoms with Crippen molar-refractivity contribution in [2.24, 2.45) is 0 Å². The van der Waals surface area contributed by atoms with Gasteiger partial charge in [-0.15, -0.1) is 0 Å². The topological polar surface area (TPSA) is 29.5 Å². The minimum Gasteiger partial charge on any atom is -0.457 e. The SMILES string of the molecule is CC(C)c1cc(Br)ccc1Oc1cccc(Cl)c1CO. The van der Waals surface area contributed by atoms with E-state index in [-0.39, 0.29) is 6.61 Å². The molecule has 0 radical (unpaired) electrons. The van der Waals surface area contributed by atoms with Gasteiger partial charge < -0.3 is 9.84 Å². The molecular weight excluding hydrogens is 340 g/mol. The summed E-state index contributed by atoms with van der Waals surface area (Å²) >= 11 is 9.55. The Morgan fingerprint density at radius 3 is 2.60 bits per heavy atom. The van der Waals surface area contributed by atoms with Crippen LogP contribution in [0.15, 0.2) is 40.9 Å². The Balaban J connectivity index is 2.42. The van der Waals surface area contributed by atoms with E-state index < -0.39 is 0 Å². The number of halogens is 2. The smallest absolute Gasteiger partial charge is 0.134 e. The zero-order chi connectivity index (χ0) is 14.7. The molecule has 20 heavy (non-hydrogen) atoms. The second kappa shape index (κ2) is 6.61. The van der Waals surface area contributed by atoms with Gasteiger partial charge in [0, 0.05) is 15.1 Å². The van der Waals surface area contributed by atoms with Crippen LogP contribution < -0.4 is 4.74 Å². The molecule has 0 aliphatic rings. The van der Waals surface area contributed by atoms with E-state index in [4.69, 9.17) is 16.3 Å². The summed E-state index contributed by atoms with van der Waals surface area (Å²) in [7, 11) is 0. The molecule has 0 amide bonds. The minimum absolute atomic E-state index is 0.150. The Labute approximate surface area is 132 Å². The van der Waals surface area contributed by atoms with Crippen molar-refractivity contribution in [3.8, 4) is 11.5 Å². The van der Waals surface area contributed by atoms with Crippen LogP contribution in [-0.2, 0) is 6.61 Å². The Morgan fingerprint density at radius 2 is 1.95 bits per heavy atom. The Kier molecular flexibility index (Phi) is 5.08. The second-order valence-corrected chi connectivity index (χ2v) is 6.14. The van der Waals surface area contributed by atoms with Crippen molar-refractivity contribution >= 4 is 27.5 Å². The average Bonchev–Trinajstić information content (AvgIpc) is 2.41. The fourth-order valence-electron chi connectivity index (χ4n) is 1.97. The maximum Gasteiger partial charge on any atom is 0.134 e. The maximum absolute atomic E-state index is 9.43. The number of aliphatic hydroxyl groups is 1. The van der Waals surface area contributed by atoms with Gasteiger partial charge in [-0.1, -0.05) is 47.4 Å². The first-order valence-electron chi connectivity index (χ1n) is 6.38. The lowest BCUT2D eigenvalue weighted by atomic mass is 10.0. The van der Waals surface area contributed by atoms with Crippen molar-refractivity contribution in [1.29, 1.82) is 0 Å². The molecule has 0 bridgehead atoms. The van der Waals surface area contributed by atoms with E-state index in [2.05, 4.69) is 29.8 Å². The quantitative estimate of drug-likeness (QED) is 0.783. The Morgan fingerprint density at radius 1 is 1.20 bits per heavy atom. The predicted octanol–water partition coefficient (Wildman–Crippen LogP) is 5.51. The van der Waals surface area contributed by atoms with Gasteiger partial charge in [0.1, 0.15) is 11.5 Å². The third-order valence-corrected chi connectivity index (χ3v) is 3.90. The predicted molar refractivity (Wildman–Crippen MR) is 85.7 cm³/mol. The summed E-state index contributed by atoms with van der Waals surface area (Å²) < 4.78 is 6.98. The molecule has 2 nitrogen and oxygen atoms in total. The molecule has 0 fully saturated rings. The van der Waals surface area contributed by atoms with Crippen molar-refractivity contribution in [1.82, 2.24) is 0 Å². The monoisotopic (exact) mass is 354 g/mol. The molecule has 0 spiro atoms. The molecule has 1 N–H and O–H groups in total. The molecule has 0 atom stereocenters. The van der Waals surface area contributed by atoms with Crippen molar-refractivity contribution in [3.05, 3.63) is 57.0 Å². The first-order valence-corrected chi connectivity index (χ1v) is 7.55. The maximum atomic E-state index is 9.43. The highest BCUT2D eigenvalue weighted by molar-refractivity contribution is 9.10. The van der Waals surface area contributed by atoms with Crippen LogP contribution in [0.2, 0.25) is 5.02 Å². The molecule has 4 heteroatoms. The first-order chi connectivity index (χ1) is 9.52. The van der Waals surface area contributed by atoms with Crippen molar-refractivity contribution < 1.29 is 9.84 Å². The van der Waals surface area contributed by atoms with Crippen LogP contribution in [0.4, 0.5) is 0 Å². The highest BCUT2D eigenvalue weighted by Crippen LogP contribution is 2.35. The third-order valence-electron chi connectivity index (χ3n) is 3.05. The lowest BCUT2D eigenvalue weighted by Crippen LogP contribution is -1.97. The van der Waals surface area contributed by atoms with E-state index in [0.29, 0.717) is 22.3 Å². The van der Waals surface area contributed by atoms with E-state index in [1.54, 1.807) is 6.07 Å². The van der Waals surface area contributed by atoms with E-state index in [0.717, 1.165) is 15.8 Å². The summed E-state index contributed by atoms with van der Waals surface area (Å²) in [6.45, 7) is 4.07. The number of benzene rings is 2. The molecule has 0 aliphatic heterocycles. The molecule has 0 unspecified atom stereocenters. The number of hydrogen-bond donors (Lipinski definition) is 1. The van der Waals surface area contributed by atoms with Crippen LogP contribution >= 0.6 is 27.5 Å². The normalized spacial score (nSPS) is 10.9. The molecular formula is C16H16BrClO2. The molecule has 2 rings (SSSR count). The summed E-state index contributed by atoms with van der Waals surface area (Å²) in [5, 5.41) is 9.94. The summed E-state index contributed by atoms with van der Waals surface area (Å²) in [6.07, 6.45) is 0. The fourth-order valence-corrected chi connectivity index (χ4v) is 2.57. The zero-order valence-electron chi connectivity index (χ0n) is 11.4. The van der Waals surface area contributed by atoms with Gasteiger partial charge in [-0.05, 0) is 41.8 Å². The van der Waals surface area contributed by atoms with Crippen LogP contribution in [0.5, 0.6) is 11.5 Å². The standard InChI is InChI=1S/C16H16BrClO2/c1-10(2)12-8-11(17)6-7-16(12)20-15-5-3-4-14(18)13(15)9-19/h3-8,10,19H,9H2,1-2H3. The van der Waals surface area contributed by atoms with E-state index in [1.165, 1.54) is 0 Å². The van der Waals surface area contributed by atoms with Crippen LogP contribution in [0.1, 0.15) is 30.9 Å². The van der Waals surface area contributed by atoms with Gasteiger partial charge in [-0.25, -0.2) is 0 Å². The number of rotatable bonds is 4. The third kappa shape index (κ3) is 3.35. The van der Waals surface area contributed by atoms with Gasteiger partial charge in [-0.2, -0.15) is 0 Å². The van der Waals surface area contributed by atoms with Gasteiger partial charge in [-0.3, -0.25) is 0 Å². The Bertz CT molecular complexity index is 611. The lowest BCUT2D eigenvalue weighted by molar-refractivity contribution is 0.276. The van der Waals surface area contributed by atoms with E-state index in [9.17, 15) is 5.11 Å². The molecule has 0 saturated heterocycles. The van der Waals surface area contributed by atoms with Gasteiger partial charge in [0.15, 0.2) is 0 Å². The zero-order valence-corrected chi connectivity index (χ0v) is 13.7. The number of aliphatic hydroxyl groups excluding tert-OH is 1. The largest absolute Gasteiger partial charge is 0.457 e. The van der Waals surface area contributed by atoms with E-state index >= 15 is 0 Å². The summed E-state index contributed by atoms with van der Waals surface area (Å²) in [5.74, 6) is 1.70. The molecule has 0 saturated carbocycles.